The molecule has 0 saturated heterocycles. The van der Waals surface area contributed by atoms with Crippen LogP contribution in [0.1, 0.15) is 27.2 Å². The molecule has 2 N–H and O–H groups in total. The highest BCUT2D eigenvalue weighted by atomic mass is 16.5. The van der Waals surface area contributed by atoms with E-state index >= 15 is 0 Å². The van der Waals surface area contributed by atoms with E-state index in [2.05, 4.69) is 29.5 Å². The molecule has 0 radical (unpaired) electrons. The van der Waals surface area contributed by atoms with Gasteiger partial charge in [0.2, 0.25) is 0 Å². The maximum atomic E-state index is 5.50. The van der Waals surface area contributed by atoms with Crippen LogP contribution in [-0.2, 0) is 9.47 Å². The van der Waals surface area contributed by atoms with Crippen LogP contribution in [0.3, 0.4) is 0 Å². The Balaban J connectivity index is 3.39. The van der Waals surface area contributed by atoms with Crippen molar-refractivity contribution in [2.75, 3.05) is 46.6 Å². The SMILES string of the molecule is CCOCCNC(=NC)NCCCOCC(C)C. The van der Waals surface area contributed by atoms with Gasteiger partial charge >= 0.3 is 0 Å². The van der Waals surface area contributed by atoms with Crippen LogP contribution in [0.25, 0.3) is 0 Å². The highest BCUT2D eigenvalue weighted by Gasteiger charge is 1.97. The van der Waals surface area contributed by atoms with Gasteiger partial charge in [0.1, 0.15) is 0 Å². The van der Waals surface area contributed by atoms with Crippen molar-refractivity contribution in [3.8, 4) is 0 Å². The van der Waals surface area contributed by atoms with Crippen molar-refractivity contribution in [2.45, 2.75) is 27.2 Å². The minimum atomic E-state index is 0.603. The second-order valence-electron chi connectivity index (χ2n) is 4.45. The number of guanidine groups is 1. The Morgan fingerprint density at radius 3 is 2.44 bits per heavy atom. The van der Waals surface area contributed by atoms with Gasteiger partial charge in [0, 0.05) is 40.0 Å². The van der Waals surface area contributed by atoms with Gasteiger partial charge in [0.15, 0.2) is 5.96 Å². The minimum Gasteiger partial charge on any atom is -0.381 e. The monoisotopic (exact) mass is 259 g/mol. The summed E-state index contributed by atoms with van der Waals surface area (Å²) in [5, 5.41) is 6.42. The predicted molar refractivity (Wildman–Crippen MR) is 76.1 cm³/mol. The Kier molecular flexibility index (Phi) is 12.1. The summed E-state index contributed by atoms with van der Waals surface area (Å²) in [7, 11) is 1.77. The summed E-state index contributed by atoms with van der Waals surface area (Å²) in [6.07, 6.45) is 0.985. The van der Waals surface area contributed by atoms with Crippen molar-refractivity contribution in [2.24, 2.45) is 10.9 Å². The lowest BCUT2D eigenvalue weighted by atomic mass is 10.2. The molecule has 0 bridgehead atoms. The van der Waals surface area contributed by atoms with Crippen LogP contribution in [0, 0.1) is 5.92 Å². The molecule has 18 heavy (non-hydrogen) atoms. The molecule has 5 heteroatoms. The van der Waals surface area contributed by atoms with E-state index in [1.807, 2.05) is 6.92 Å². The molecule has 0 aliphatic carbocycles. The average molecular weight is 259 g/mol. The Labute approximate surface area is 111 Å². The molecule has 0 spiro atoms. The predicted octanol–water partition coefficient (Wildman–Crippen LogP) is 1.25. The van der Waals surface area contributed by atoms with Crippen molar-refractivity contribution >= 4 is 5.96 Å². The summed E-state index contributed by atoms with van der Waals surface area (Å²) in [4.78, 5) is 4.13. The zero-order valence-electron chi connectivity index (χ0n) is 12.3. The van der Waals surface area contributed by atoms with Crippen LogP contribution >= 0.6 is 0 Å². The maximum Gasteiger partial charge on any atom is 0.191 e. The van der Waals surface area contributed by atoms with Gasteiger partial charge in [-0.15, -0.1) is 0 Å². The van der Waals surface area contributed by atoms with E-state index in [0.717, 1.165) is 45.3 Å². The summed E-state index contributed by atoms with van der Waals surface area (Å²) in [5.74, 6) is 1.42. The van der Waals surface area contributed by atoms with Crippen molar-refractivity contribution in [3.63, 3.8) is 0 Å². The van der Waals surface area contributed by atoms with Crippen molar-refractivity contribution in [1.29, 1.82) is 0 Å². The first-order valence-corrected chi connectivity index (χ1v) is 6.80. The zero-order chi connectivity index (χ0) is 13.6. The molecule has 5 nitrogen and oxygen atoms in total. The summed E-state index contributed by atoms with van der Waals surface area (Å²) >= 11 is 0. The standard InChI is InChI=1S/C13H29N3O2/c1-5-17-10-8-16-13(14-4)15-7-6-9-18-11-12(2)3/h12H,5-11H2,1-4H3,(H2,14,15,16). The molecule has 0 heterocycles. The third-order valence-electron chi connectivity index (χ3n) is 2.18. The highest BCUT2D eigenvalue weighted by molar-refractivity contribution is 5.79. The van der Waals surface area contributed by atoms with Gasteiger partial charge in [-0.1, -0.05) is 13.8 Å². The van der Waals surface area contributed by atoms with Gasteiger partial charge in [-0.25, -0.2) is 0 Å². The van der Waals surface area contributed by atoms with E-state index in [1.165, 1.54) is 0 Å². The lowest BCUT2D eigenvalue weighted by Crippen LogP contribution is -2.39. The third-order valence-corrected chi connectivity index (χ3v) is 2.18. The number of ether oxygens (including phenoxy) is 2. The molecular weight excluding hydrogens is 230 g/mol. The van der Waals surface area contributed by atoms with Gasteiger partial charge < -0.3 is 20.1 Å². The normalized spacial score (nSPS) is 11.9. The lowest BCUT2D eigenvalue weighted by molar-refractivity contribution is 0.108. The number of hydrogen-bond donors (Lipinski definition) is 2. The summed E-state index contributed by atoms with van der Waals surface area (Å²) in [5.41, 5.74) is 0. The number of rotatable bonds is 10. The average Bonchev–Trinajstić information content (AvgIpc) is 2.35. The molecule has 0 aliphatic rings. The molecule has 0 aromatic heterocycles. The number of aliphatic imine (C=N–C) groups is 1. The fraction of sp³-hybridized carbons (Fsp3) is 0.923. The number of hydrogen-bond acceptors (Lipinski definition) is 3. The van der Waals surface area contributed by atoms with E-state index in [9.17, 15) is 0 Å². The highest BCUT2D eigenvalue weighted by Crippen LogP contribution is 1.92. The van der Waals surface area contributed by atoms with Gasteiger partial charge in [-0.3, -0.25) is 4.99 Å². The fourth-order valence-corrected chi connectivity index (χ4v) is 1.31. The van der Waals surface area contributed by atoms with Crippen LogP contribution in [0.4, 0.5) is 0 Å². The van der Waals surface area contributed by atoms with Crippen LogP contribution < -0.4 is 10.6 Å². The van der Waals surface area contributed by atoms with Crippen LogP contribution in [0.2, 0.25) is 0 Å². The van der Waals surface area contributed by atoms with E-state index in [0.29, 0.717) is 12.5 Å². The molecule has 0 saturated carbocycles. The Bertz CT molecular complexity index is 208. The lowest BCUT2D eigenvalue weighted by Gasteiger charge is -2.12. The molecule has 0 fully saturated rings. The molecule has 0 rings (SSSR count). The van der Waals surface area contributed by atoms with Gasteiger partial charge in [0.25, 0.3) is 0 Å². The minimum absolute atomic E-state index is 0.603. The van der Waals surface area contributed by atoms with E-state index in [1.54, 1.807) is 7.05 Å². The van der Waals surface area contributed by atoms with Crippen molar-refractivity contribution < 1.29 is 9.47 Å². The smallest absolute Gasteiger partial charge is 0.191 e. The molecule has 0 aromatic carbocycles. The molecule has 0 atom stereocenters. The number of nitrogens with one attached hydrogen (secondary N) is 2. The molecule has 0 aromatic rings. The molecular formula is C13H29N3O2. The van der Waals surface area contributed by atoms with E-state index < -0.39 is 0 Å². The van der Waals surface area contributed by atoms with Crippen LogP contribution in [0.5, 0.6) is 0 Å². The quantitative estimate of drug-likeness (QED) is 0.352. The van der Waals surface area contributed by atoms with Gasteiger partial charge in [-0.2, -0.15) is 0 Å². The third kappa shape index (κ3) is 11.7. The number of nitrogens with zero attached hydrogens (tertiary/aromatic N) is 1. The van der Waals surface area contributed by atoms with E-state index in [4.69, 9.17) is 9.47 Å². The van der Waals surface area contributed by atoms with E-state index in [-0.39, 0.29) is 0 Å². The fourth-order valence-electron chi connectivity index (χ4n) is 1.31. The van der Waals surface area contributed by atoms with Crippen LogP contribution in [-0.4, -0.2) is 52.5 Å². The van der Waals surface area contributed by atoms with Crippen LogP contribution in [0.15, 0.2) is 4.99 Å². The second-order valence-corrected chi connectivity index (χ2v) is 4.45. The van der Waals surface area contributed by atoms with Crippen molar-refractivity contribution in [1.82, 2.24) is 10.6 Å². The van der Waals surface area contributed by atoms with Crippen molar-refractivity contribution in [3.05, 3.63) is 0 Å². The largest absolute Gasteiger partial charge is 0.381 e. The molecule has 0 aliphatic heterocycles. The first-order chi connectivity index (χ1) is 8.70. The van der Waals surface area contributed by atoms with Gasteiger partial charge in [0.05, 0.1) is 6.61 Å². The molecule has 0 amide bonds. The van der Waals surface area contributed by atoms with Gasteiger partial charge in [-0.05, 0) is 19.3 Å². The summed E-state index contributed by atoms with van der Waals surface area (Å²) < 4.78 is 10.7. The topological polar surface area (TPSA) is 54.9 Å². The second kappa shape index (κ2) is 12.6. The molecule has 108 valence electrons. The Hall–Kier alpha value is -0.810. The summed E-state index contributed by atoms with van der Waals surface area (Å²) in [6.45, 7) is 11.0. The Morgan fingerprint density at radius 2 is 1.83 bits per heavy atom. The zero-order valence-corrected chi connectivity index (χ0v) is 12.3. The summed E-state index contributed by atoms with van der Waals surface area (Å²) in [6, 6.07) is 0. The maximum absolute atomic E-state index is 5.50. The Morgan fingerprint density at radius 1 is 1.11 bits per heavy atom. The first-order valence-electron chi connectivity index (χ1n) is 6.80. The molecule has 0 unspecified atom stereocenters. The first kappa shape index (κ1) is 17.2.